The van der Waals surface area contributed by atoms with Gasteiger partial charge in [0, 0.05) is 17.2 Å². The first kappa shape index (κ1) is 22.4. The Morgan fingerprint density at radius 1 is 1.09 bits per heavy atom. The topological polar surface area (TPSA) is 113 Å². The van der Waals surface area contributed by atoms with Gasteiger partial charge in [0.2, 0.25) is 0 Å². The van der Waals surface area contributed by atoms with Crippen molar-refractivity contribution >= 4 is 21.6 Å². The number of ether oxygens (including phenoxy) is 1. The van der Waals surface area contributed by atoms with Gasteiger partial charge < -0.3 is 10.5 Å². The van der Waals surface area contributed by atoms with Crippen LogP contribution in [0.4, 0.5) is 14.5 Å². The summed E-state index contributed by atoms with van der Waals surface area (Å²) in [6.45, 7) is 1.97. The summed E-state index contributed by atoms with van der Waals surface area (Å²) in [6, 6.07) is 14.1. The highest BCUT2D eigenvalue weighted by atomic mass is 32.2. The maximum Gasteiger partial charge on any atom is 0.273 e. The molecule has 2 N–H and O–H groups in total. The molecule has 168 valence electrons. The number of nitrogens with zero attached hydrogens (tertiary/aromatic N) is 2. The molecule has 0 saturated carbocycles. The first-order valence-electron chi connectivity index (χ1n) is 9.76. The fourth-order valence-corrected chi connectivity index (χ4v) is 5.36. The smallest absolute Gasteiger partial charge is 0.273 e. The normalized spacial score (nSPS) is 17.5. The van der Waals surface area contributed by atoms with Gasteiger partial charge in [0.25, 0.3) is 15.9 Å². The van der Waals surface area contributed by atoms with E-state index in [1.54, 1.807) is 25.1 Å². The third-order valence-corrected chi connectivity index (χ3v) is 7.05. The van der Waals surface area contributed by atoms with Crippen molar-refractivity contribution < 1.29 is 26.7 Å². The van der Waals surface area contributed by atoms with E-state index in [1.807, 2.05) is 6.07 Å². The Bertz CT molecular complexity index is 1440. The lowest BCUT2D eigenvalue weighted by Crippen LogP contribution is -2.50. The number of amides is 1. The monoisotopic (exact) mass is 469 g/mol. The number of para-hydroxylation sites is 1. The number of fused-ring (bicyclic) bond motifs is 1. The second kappa shape index (κ2) is 7.95. The van der Waals surface area contributed by atoms with Crippen molar-refractivity contribution in [2.75, 3.05) is 10.9 Å². The van der Waals surface area contributed by atoms with E-state index < -0.39 is 38.0 Å². The Balaban J connectivity index is 2.01. The minimum Gasteiger partial charge on any atom is -0.493 e. The van der Waals surface area contributed by atoms with E-state index in [0.717, 1.165) is 12.1 Å². The summed E-state index contributed by atoms with van der Waals surface area (Å²) >= 11 is 0. The fraction of sp³-hybridized carbons (Fsp3) is 0.130. The van der Waals surface area contributed by atoms with E-state index in [4.69, 9.17) is 10.5 Å². The van der Waals surface area contributed by atoms with Crippen molar-refractivity contribution in [1.82, 2.24) is 0 Å². The Morgan fingerprint density at radius 2 is 1.82 bits per heavy atom. The number of nitriles is 1. The zero-order valence-corrected chi connectivity index (χ0v) is 18.1. The maximum atomic E-state index is 14.4. The zero-order chi connectivity index (χ0) is 24.0. The van der Waals surface area contributed by atoms with E-state index in [0.29, 0.717) is 10.4 Å². The standard InChI is InChI=1S/C23H17F2N3O4S/c1-2-32-20-6-4-3-5-16(20)23(27)17-11-14(13-26)7-9-19(17)28(22(23)29)33(30,31)21-10-8-15(24)12-18(21)25/h3-12H,2,27H2,1H3. The number of sulfonamides is 1. The Morgan fingerprint density at radius 3 is 2.48 bits per heavy atom. The van der Waals surface area contributed by atoms with Gasteiger partial charge in [-0.2, -0.15) is 5.26 Å². The summed E-state index contributed by atoms with van der Waals surface area (Å²) < 4.78 is 60.7. The number of carbonyl (C=O) groups excluding carboxylic acids is 1. The fourth-order valence-electron chi connectivity index (χ4n) is 3.84. The second-order valence-corrected chi connectivity index (χ2v) is 8.99. The molecule has 3 aromatic rings. The van der Waals surface area contributed by atoms with Crippen LogP contribution in [0.1, 0.15) is 23.6 Å². The number of carbonyl (C=O) groups is 1. The number of anilines is 1. The largest absolute Gasteiger partial charge is 0.493 e. The van der Waals surface area contributed by atoms with Crippen molar-refractivity contribution in [3.8, 4) is 11.8 Å². The molecule has 1 aliphatic rings. The van der Waals surface area contributed by atoms with Crippen LogP contribution in [0.5, 0.6) is 5.75 Å². The second-order valence-electron chi connectivity index (χ2n) is 7.23. The molecule has 1 heterocycles. The molecule has 0 radical (unpaired) electrons. The molecule has 0 aromatic heterocycles. The molecule has 0 fully saturated rings. The summed E-state index contributed by atoms with van der Waals surface area (Å²) in [5, 5.41) is 9.36. The average molecular weight is 469 g/mol. The number of hydrogen-bond acceptors (Lipinski definition) is 6. The summed E-state index contributed by atoms with van der Waals surface area (Å²) in [7, 11) is -4.83. The van der Waals surface area contributed by atoms with E-state index in [1.165, 1.54) is 24.3 Å². The highest BCUT2D eigenvalue weighted by Crippen LogP contribution is 2.48. The number of nitrogens with two attached hydrogens (primary N) is 1. The van der Waals surface area contributed by atoms with E-state index in [2.05, 4.69) is 0 Å². The summed E-state index contributed by atoms with van der Waals surface area (Å²) in [6.07, 6.45) is 0. The Hall–Kier alpha value is -3.81. The third-order valence-electron chi connectivity index (χ3n) is 5.32. The lowest BCUT2D eigenvalue weighted by Gasteiger charge is -2.26. The van der Waals surface area contributed by atoms with Gasteiger partial charge >= 0.3 is 0 Å². The van der Waals surface area contributed by atoms with Crippen molar-refractivity contribution in [1.29, 1.82) is 5.26 Å². The first-order valence-corrected chi connectivity index (χ1v) is 11.2. The molecule has 33 heavy (non-hydrogen) atoms. The van der Waals surface area contributed by atoms with Crippen molar-refractivity contribution in [3.05, 3.63) is 89.0 Å². The zero-order valence-electron chi connectivity index (χ0n) is 17.2. The lowest BCUT2D eigenvalue weighted by molar-refractivity contribution is -0.120. The Labute approximate surface area is 188 Å². The lowest BCUT2D eigenvalue weighted by atomic mass is 9.83. The highest BCUT2D eigenvalue weighted by Gasteiger charge is 2.55. The van der Waals surface area contributed by atoms with Crippen LogP contribution in [0.15, 0.2) is 65.6 Å². The van der Waals surface area contributed by atoms with E-state index >= 15 is 0 Å². The maximum absolute atomic E-state index is 14.4. The van der Waals surface area contributed by atoms with Crippen LogP contribution in [0.2, 0.25) is 0 Å². The minimum atomic E-state index is -4.83. The molecule has 10 heteroatoms. The van der Waals surface area contributed by atoms with Gasteiger partial charge in [-0.15, -0.1) is 0 Å². The van der Waals surface area contributed by atoms with Crippen LogP contribution in [0.3, 0.4) is 0 Å². The molecule has 7 nitrogen and oxygen atoms in total. The van der Waals surface area contributed by atoms with Gasteiger partial charge in [0.15, 0.2) is 5.54 Å². The number of hydrogen-bond donors (Lipinski definition) is 1. The van der Waals surface area contributed by atoms with Gasteiger partial charge in [-0.3, -0.25) is 4.79 Å². The highest BCUT2D eigenvalue weighted by molar-refractivity contribution is 7.93. The molecule has 0 aliphatic carbocycles. The summed E-state index contributed by atoms with van der Waals surface area (Å²) in [5.74, 6) is -3.18. The predicted molar refractivity (Wildman–Crippen MR) is 115 cm³/mol. The molecule has 1 aliphatic heterocycles. The molecule has 1 atom stereocenters. The van der Waals surface area contributed by atoms with Crippen LogP contribution in [0, 0.1) is 23.0 Å². The van der Waals surface area contributed by atoms with Crippen LogP contribution >= 0.6 is 0 Å². The van der Waals surface area contributed by atoms with Crippen LogP contribution in [0.25, 0.3) is 0 Å². The van der Waals surface area contributed by atoms with Crippen LogP contribution in [-0.2, 0) is 20.4 Å². The van der Waals surface area contributed by atoms with Crippen molar-refractivity contribution in [2.45, 2.75) is 17.4 Å². The molecule has 4 rings (SSSR count). The minimum absolute atomic E-state index is 0.0322. The van der Waals surface area contributed by atoms with Crippen LogP contribution < -0.4 is 14.8 Å². The Kier molecular flexibility index (Phi) is 5.40. The molecule has 1 unspecified atom stereocenters. The SMILES string of the molecule is CCOc1ccccc1C1(N)C(=O)N(S(=O)(=O)c2ccc(F)cc2F)c2ccc(C#N)cc21. The quantitative estimate of drug-likeness (QED) is 0.614. The number of halogens is 2. The molecule has 0 saturated heterocycles. The molecule has 3 aromatic carbocycles. The van der Waals surface area contributed by atoms with Crippen molar-refractivity contribution in [3.63, 3.8) is 0 Å². The summed E-state index contributed by atoms with van der Waals surface area (Å²) in [5.41, 5.74) is 4.76. The molecular weight excluding hydrogens is 452 g/mol. The van der Waals surface area contributed by atoms with E-state index in [9.17, 15) is 27.3 Å². The van der Waals surface area contributed by atoms with Gasteiger partial charge in [-0.25, -0.2) is 21.5 Å². The molecule has 0 spiro atoms. The first-order chi connectivity index (χ1) is 15.7. The van der Waals surface area contributed by atoms with Gasteiger partial charge in [0.05, 0.1) is 23.9 Å². The van der Waals surface area contributed by atoms with Crippen LogP contribution in [-0.4, -0.2) is 20.9 Å². The third kappa shape index (κ3) is 3.33. The van der Waals surface area contributed by atoms with Gasteiger partial charge in [-0.05, 0) is 43.3 Å². The number of benzene rings is 3. The van der Waals surface area contributed by atoms with Gasteiger partial charge in [-0.1, -0.05) is 18.2 Å². The summed E-state index contributed by atoms with van der Waals surface area (Å²) in [4.78, 5) is 12.8. The van der Waals surface area contributed by atoms with Gasteiger partial charge in [0.1, 0.15) is 22.3 Å². The van der Waals surface area contributed by atoms with E-state index in [-0.39, 0.29) is 34.7 Å². The molecule has 1 amide bonds. The predicted octanol–water partition coefficient (Wildman–Crippen LogP) is 3.17. The molecule has 0 bridgehead atoms. The number of rotatable bonds is 5. The molecular formula is C23H17F2N3O4S. The average Bonchev–Trinajstić information content (AvgIpc) is 3.01. The van der Waals surface area contributed by atoms with Crippen molar-refractivity contribution in [2.24, 2.45) is 5.73 Å².